The first-order valence-electron chi connectivity index (χ1n) is 10.6. The Kier molecular flexibility index (Phi) is 4.89. The number of alkyl halides is 1. The largest absolute Gasteiger partial charge is 0.507 e. The number of aryl methyl sites for hydroxylation is 1. The predicted molar refractivity (Wildman–Crippen MR) is 116 cm³/mol. The van der Waals surface area contributed by atoms with E-state index in [1.807, 2.05) is 11.9 Å². The molecule has 0 radical (unpaired) electrons. The number of phenolic OH excluding ortho intramolecular Hbond substituents is 1. The minimum Gasteiger partial charge on any atom is -0.507 e. The molecule has 162 valence electrons. The van der Waals surface area contributed by atoms with Gasteiger partial charge in [-0.3, -0.25) is 4.79 Å². The van der Waals surface area contributed by atoms with Crippen molar-refractivity contribution >= 4 is 16.8 Å². The topological polar surface area (TPSA) is 91.5 Å². The zero-order valence-corrected chi connectivity index (χ0v) is 17.5. The first-order chi connectivity index (χ1) is 14.9. The van der Waals surface area contributed by atoms with Crippen molar-refractivity contribution in [3.05, 3.63) is 46.3 Å². The van der Waals surface area contributed by atoms with Crippen LogP contribution in [0.2, 0.25) is 0 Å². The molecule has 4 atom stereocenters. The van der Waals surface area contributed by atoms with Gasteiger partial charge in [-0.1, -0.05) is 0 Å². The van der Waals surface area contributed by atoms with Crippen LogP contribution in [0, 0.1) is 12.8 Å². The van der Waals surface area contributed by atoms with Gasteiger partial charge in [0.1, 0.15) is 23.3 Å². The van der Waals surface area contributed by atoms with Crippen LogP contribution in [-0.2, 0) is 0 Å². The van der Waals surface area contributed by atoms with Crippen LogP contribution >= 0.6 is 0 Å². The Balaban J connectivity index is 1.45. The van der Waals surface area contributed by atoms with Gasteiger partial charge in [0.15, 0.2) is 11.2 Å². The second-order valence-corrected chi connectivity index (χ2v) is 8.68. The summed E-state index contributed by atoms with van der Waals surface area (Å²) in [6.45, 7) is 2.55. The molecule has 3 aromatic rings. The molecular weight excluding hydrogens is 399 g/mol. The second kappa shape index (κ2) is 7.60. The fourth-order valence-corrected chi connectivity index (χ4v) is 4.87. The van der Waals surface area contributed by atoms with Crippen molar-refractivity contribution in [1.82, 2.24) is 15.5 Å². The number of aromatic hydroxyl groups is 1. The molecule has 1 saturated carbocycles. The average molecular weight is 424 g/mol. The van der Waals surface area contributed by atoms with Gasteiger partial charge in [-0.2, -0.15) is 0 Å². The third kappa shape index (κ3) is 3.54. The Bertz CT molecular complexity index is 1170. The maximum absolute atomic E-state index is 15.1. The van der Waals surface area contributed by atoms with Crippen LogP contribution in [0.25, 0.3) is 22.2 Å². The molecule has 0 amide bonds. The lowest BCUT2D eigenvalue weighted by Gasteiger charge is -2.32. The number of phenols is 1. The van der Waals surface area contributed by atoms with Crippen molar-refractivity contribution < 1.29 is 13.9 Å². The van der Waals surface area contributed by atoms with E-state index in [-0.39, 0.29) is 23.3 Å². The molecule has 1 unspecified atom stereocenters. The summed E-state index contributed by atoms with van der Waals surface area (Å²) in [6, 6.07) is 7.54. The summed E-state index contributed by atoms with van der Waals surface area (Å²) in [6.07, 6.45) is 1.74. The minimum absolute atomic E-state index is 0.0492. The Morgan fingerprint density at radius 3 is 2.77 bits per heavy atom. The Morgan fingerprint density at radius 1 is 1.23 bits per heavy atom. The molecule has 31 heavy (non-hydrogen) atoms. The highest BCUT2D eigenvalue weighted by Gasteiger charge is 2.41. The van der Waals surface area contributed by atoms with Gasteiger partial charge in [0, 0.05) is 30.8 Å². The first-order valence-corrected chi connectivity index (χ1v) is 10.6. The quantitative estimate of drug-likeness (QED) is 0.667. The molecule has 6 rings (SSSR count). The maximum Gasteiger partial charge on any atom is 0.192 e. The van der Waals surface area contributed by atoms with Crippen molar-refractivity contribution in [2.75, 3.05) is 18.5 Å². The zero-order chi connectivity index (χ0) is 21.7. The highest BCUT2D eigenvalue weighted by molar-refractivity contribution is 5.86. The summed E-state index contributed by atoms with van der Waals surface area (Å²) in [4.78, 5) is 14.2. The molecule has 2 aromatic heterocycles. The van der Waals surface area contributed by atoms with Crippen molar-refractivity contribution in [2.45, 2.75) is 44.4 Å². The predicted octanol–water partition coefficient (Wildman–Crippen LogP) is 3.18. The van der Waals surface area contributed by atoms with Crippen LogP contribution in [0.1, 0.15) is 25.0 Å². The van der Waals surface area contributed by atoms with Gasteiger partial charge in [-0.15, -0.1) is 10.2 Å². The molecule has 0 spiro atoms. The van der Waals surface area contributed by atoms with Crippen molar-refractivity contribution in [2.24, 2.45) is 5.92 Å². The van der Waals surface area contributed by atoms with E-state index < -0.39 is 6.17 Å². The third-order valence-electron chi connectivity index (χ3n) is 6.64. The highest BCUT2D eigenvalue weighted by atomic mass is 19.1. The third-order valence-corrected chi connectivity index (χ3v) is 6.64. The number of nitrogens with zero attached hydrogens (tertiary/aromatic N) is 3. The van der Waals surface area contributed by atoms with Crippen LogP contribution in [0.3, 0.4) is 0 Å². The number of benzene rings is 1. The summed E-state index contributed by atoms with van der Waals surface area (Å²) in [5.41, 5.74) is 0.956. The van der Waals surface area contributed by atoms with E-state index in [0.29, 0.717) is 39.7 Å². The standard InChI is InChI=1S/C23H25FN4O3/c1-12-7-19(29)15-9-14(20(30)10-21(15)31-12)16-5-6-22(27-26-16)28(2)18-8-13-3-4-17(23(18)24)25-11-13/h5-7,9-10,13,17-18,23,25,30H,3-4,8,11H2,1-2H3/t13-,17?,18-,23+/m0/s1. The maximum atomic E-state index is 15.1. The number of halogens is 1. The Hall–Kier alpha value is -3.00. The summed E-state index contributed by atoms with van der Waals surface area (Å²) in [5, 5.41) is 22.7. The first kappa shape index (κ1) is 19.9. The molecule has 2 saturated heterocycles. The smallest absolute Gasteiger partial charge is 0.192 e. The normalized spacial score (nSPS) is 25.5. The molecule has 4 heterocycles. The Morgan fingerprint density at radius 2 is 2.06 bits per heavy atom. The summed E-state index contributed by atoms with van der Waals surface area (Å²) in [7, 11) is 1.85. The average Bonchev–Trinajstić information content (AvgIpc) is 3.01. The van der Waals surface area contributed by atoms with E-state index in [4.69, 9.17) is 4.42 Å². The second-order valence-electron chi connectivity index (χ2n) is 8.68. The van der Waals surface area contributed by atoms with Gasteiger partial charge in [0.05, 0.1) is 17.1 Å². The highest BCUT2D eigenvalue weighted by Crippen LogP contribution is 2.35. The van der Waals surface area contributed by atoms with Gasteiger partial charge < -0.3 is 19.7 Å². The van der Waals surface area contributed by atoms with E-state index in [9.17, 15) is 9.90 Å². The van der Waals surface area contributed by atoms with E-state index in [1.165, 1.54) is 12.1 Å². The van der Waals surface area contributed by atoms with Gasteiger partial charge >= 0.3 is 0 Å². The lowest BCUT2D eigenvalue weighted by molar-refractivity contribution is 0.213. The van der Waals surface area contributed by atoms with Crippen LogP contribution in [0.4, 0.5) is 10.2 Å². The van der Waals surface area contributed by atoms with Crippen LogP contribution in [0.15, 0.2) is 39.5 Å². The molecule has 1 aliphatic carbocycles. The number of fused-ring (bicyclic) bond motifs is 5. The van der Waals surface area contributed by atoms with Crippen LogP contribution in [0.5, 0.6) is 5.75 Å². The molecule has 1 aromatic carbocycles. The summed E-state index contributed by atoms with van der Waals surface area (Å²) < 4.78 is 20.7. The van der Waals surface area contributed by atoms with Gasteiger partial charge in [-0.25, -0.2) is 4.39 Å². The van der Waals surface area contributed by atoms with Crippen molar-refractivity contribution in [1.29, 1.82) is 0 Å². The van der Waals surface area contributed by atoms with E-state index >= 15 is 4.39 Å². The van der Waals surface area contributed by atoms with Crippen LogP contribution < -0.4 is 15.6 Å². The molecule has 3 fully saturated rings. The number of hydrogen-bond acceptors (Lipinski definition) is 7. The number of nitrogens with one attached hydrogen (secondary N) is 1. The van der Waals surface area contributed by atoms with E-state index in [2.05, 4.69) is 15.5 Å². The fraction of sp³-hybridized carbons (Fsp3) is 0.435. The number of aromatic nitrogens is 2. The Labute approximate surface area is 178 Å². The number of rotatable bonds is 3. The van der Waals surface area contributed by atoms with Gasteiger partial charge in [0.25, 0.3) is 0 Å². The number of anilines is 1. The van der Waals surface area contributed by atoms with Gasteiger partial charge in [-0.05, 0) is 56.8 Å². The SMILES string of the molecule is Cc1cc(=O)c2cc(-c3ccc(N(C)[C@H]4C[C@@H]5CCC(NC5)[C@H]4F)nn3)c(O)cc2o1. The molecular formula is C23H25FN4O3. The molecule has 7 nitrogen and oxygen atoms in total. The van der Waals surface area contributed by atoms with Gasteiger partial charge in [0.2, 0.25) is 0 Å². The molecule has 2 bridgehead atoms. The zero-order valence-electron chi connectivity index (χ0n) is 17.5. The molecule has 2 aliphatic heterocycles. The van der Waals surface area contributed by atoms with Crippen LogP contribution in [-0.4, -0.2) is 47.2 Å². The molecule has 2 N–H and O–H groups in total. The molecule has 8 heteroatoms. The minimum atomic E-state index is -0.966. The van der Waals surface area contributed by atoms with Crippen molar-refractivity contribution in [3.8, 4) is 17.0 Å². The van der Waals surface area contributed by atoms with E-state index in [1.54, 1.807) is 25.1 Å². The van der Waals surface area contributed by atoms with E-state index in [0.717, 1.165) is 25.8 Å². The molecule has 3 aliphatic rings. The fourth-order valence-electron chi connectivity index (χ4n) is 4.87. The van der Waals surface area contributed by atoms with Crippen molar-refractivity contribution in [3.63, 3.8) is 0 Å². The lowest BCUT2D eigenvalue weighted by atomic mass is 9.96. The monoisotopic (exact) mass is 424 g/mol. The summed E-state index contributed by atoms with van der Waals surface area (Å²) in [5.74, 6) is 1.48. The lowest BCUT2D eigenvalue weighted by Crippen LogP contribution is -2.48. The summed E-state index contributed by atoms with van der Waals surface area (Å²) >= 11 is 0. The number of piperidine rings is 1. The number of hydrogen-bond donors (Lipinski definition) is 2.